The van der Waals surface area contributed by atoms with Crippen LogP contribution in [-0.4, -0.2) is 17.1 Å². The third kappa shape index (κ3) is 2.27. The first-order valence-corrected chi connectivity index (χ1v) is 4.03. The van der Waals surface area contributed by atoms with E-state index in [0.29, 0.717) is 12.5 Å². The molecular weight excluding hydrogens is 152 g/mol. The van der Waals surface area contributed by atoms with Gasteiger partial charge in [-0.25, -0.2) is 0 Å². The molecular formula is C9H14N2O. The van der Waals surface area contributed by atoms with Crippen molar-refractivity contribution < 1.29 is 4.74 Å². The highest BCUT2D eigenvalue weighted by molar-refractivity contribution is 5.04. The molecule has 0 atom stereocenters. The molecule has 1 aromatic heterocycles. The summed E-state index contributed by atoms with van der Waals surface area (Å²) in [5.41, 5.74) is 1.90. The second-order valence-electron chi connectivity index (χ2n) is 3.02. The van der Waals surface area contributed by atoms with Crippen LogP contribution >= 0.6 is 0 Å². The minimum atomic E-state index is 0.439. The number of hydrogen-bond acceptors (Lipinski definition) is 3. The molecule has 0 aliphatic rings. The van der Waals surface area contributed by atoms with E-state index in [1.807, 2.05) is 0 Å². The zero-order valence-corrected chi connectivity index (χ0v) is 7.74. The van der Waals surface area contributed by atoms with Gasteiger partial charge in [0.2, 0.25) is 0 Å². The standard InChI is InChI=1S/C9H14N2O/c1-7(2)9-5-10-8(4-11-9)6-12-3/h4-5,7H,6H2,1-3H3. The van der Waals surface area contributed by atoms with Crippen LogP contribution in [-0.2, 0) is 11.3 Å². The maximum Gasteiger partial charge on any atom is 0.0899 e. The van der Waals surface area contributed by atoms with Gasteiger partial charge in [0.15, 0.2) is 0 Å². The van der Waals surface area contributed by atoms with Crippen molar-refractivity contribution in [3.8, 4) is 0 Å². The average Bonchev–Trinajstić information content (AvgIpc) is 2.06. The second-order valence-corrected chi connectivity index (χ2v) is 3.02. The summed E-state index contributed by atoms with van der Waals surface area (Å²) in [4.78, 5) is 8.46. The minimum Gasteiger partial charge on any atom is -0.378 e. The van der Waals surface area contributed by atoms with Gasteiger partial charge in [0.25, 0.3) is 0 Å². The molecule has 0 spiro atoms. The van der Waals surface area contributed by atoms with Crippen LogP contribution in [0.15, 0.2) is 12.4 Å². The van der Waals surface area contributed by atoms with Gasteiger partial charge < -0.3 is 4.74 Å². The molecule has 0 aliphatic heterocycles. The van der Waals surface area contributed by atoms with Crippen LogP contribution < -0.4 is 0 Å². The fraction of sp³-hybridized carbons (Fsp3) is 0.556. The molecule has 66 valence electrons. The fourth-order valence-corrected chi connectivity index (χ4v) is 0.885. The van der Waals surface area contributed by atoms with Crippen molar-refractivity contribution in [3.05, 3.63) is 23.8 Å². The molecule has 1 aromatic rings. The number of hydrogen-bond donors (Lipinski definition) is 0. The summed E-state index contributed by atoms with van der Waals surface area (Å²) in [7, 11) is 1.65. The SMILES string of the molecule is COCc1cnc(C(C)C)cn1. The maximum atomic E-state index is 4.93. The number of ether oxygens (including phenoxy) is 1. The topological polar surface area (TPSA) is 35.0 Å². The smallest absolute Gasteiger partial charge is 0.0899 e. The first-order valence-electron chi connectivity index (χ1n) is 4.03. The summed E-state index contributed by atoms with van der Waals surface area (Å²) in [5.74, 6) is 0.439. The van der Waals surface area contributed by atoms with Gasteiger partial charge in [-0.1, -0.05) is 13.8 Å². The van der Waals surface area contributed by atoms with E-state index in [4.69, 9.17) is 4.74 Å². The molecule has 0 aliphatic carbocycles. The molecule has 0 aromatic carbocycles. The summed E-state index contributed by atoms with van der Waals surface area (Å²) in [5, 5.41) is 0. The van der Waals surface area contributed by atoms with Gasteiger partial charge in [-0.05, 0) is 5.92 Å². The van der Waals surface area contributed by atoms with E-state index in [9.17, 15) is 0 Å². The summed E-state index contributed by atoms with van der Waals surface area (Å²) >= 11 is 0. The van der Waals surface area contributed by atoms with Gasteiger partial charge in [0.1, 0.15) is 0 Å². The lowest BCUT2D eigenvalue weighted by molar-refractivity contribution is 0.181. The molecule has 0 saturated carbocycles. The Kier molecular flexibility index (Phi) is 3.17. The van der Waals surface area contributed by atoms with Crippen LogP contribution in [0.1, 0.15) is 31.2 Å². The van der Waals surface area contributed by atoms with Crippen LogP contribution in [0.25, 0.3) is 0 Å². The molecule has 0 saturated heterocycles. The van der Waals surface area contributed by atoms with Crippen molar-refractivity contribution in [1.82, 2.24) is 9.97 Å². The Bertz CT molecular complexity index is 231. The molecule has 12 heavy (non-hydrogen) atoms. The Morgan fingerprint density at radius 1 is 1.33 bits per heavy atom. The van der Waals surface area contributed by atoms with Crippen LogP contribution in [0.4, 0.5) is 0 Å². The lowest BCUT2D eigenvalue weighted by atomic mass is 10.1. The molecule has 3 heteroatoms. The Morgan fingerprint density at radius 2 is 2.08 bits per heavy atom. The van der Waals surface area contributed by atoms with Gasteiger partial charge >= 0.3 is 0 Å². The van der Waals surface area contributed by atoms with Gasteiger partial charge in [0.05, 0.1) is 24.2 Å². The van der Waals surface area contributed by atoms with Crippen molar-refractivity contribution in [1.29, 1.82) is 0 Å². The van der Waals surface area contributed by atoms with E-state index in [2.05, 4.69) is 23.8 Å². The zero-order valence-electron chi connectivity index (χ0n) is 7.74. The van der Waals surface area contributed by atoms with Crippen molar-refractivity contribution in [3.63, 3.8) is 0 Å². The normalized spacial score (nSPS) is 10.7. The molecule has 0 fully saturated rings. The van der Waals surface area contributed by atoms with Gasteiger partial charge in [-0.2, -0.15) is 0 Å². The largest absolute Gasteiger partial charge is 0.378 e. The van der Waals surface area contributed by atoms with Gasteiger partial charge in [0, 0.05) is 13.3 Å². The summed E-state index contributed by atoms with van der Waals surface area (Å²) in [6, 6.07) is 0. The summed E-state index contributed by atoms with van der Waals surface area (Å²) in [6.07, 6.45) is 3.57. The van der Waals surface area contributed by atoms with E-state index >= 15 is 0 Å². The molecule has 0 N–H and O–H groups in total. The Hall–Kier alpha value is -0.960. The second kappa shape index (κ2) is 4.16. The molecule has 1 rings (SSSR count). The average molecular weight is 166 g/mol. The Morgan fingerprint density at radius 3 is 2.50 bits per heavy atom. The van der Waals surface area contributed by atoms with E-state index < -0.39 is 0 Å². The van der Waals surface area contributed by atoms with Crippen molar-refractivity contribution in [2.24, 2.45) is 0 Å². The molecule has 0 bridgehead atoms. The van der Waals surface area contributed by atoms with E-state index in [1.165, 1.54) is 0 Å². The van der Waals surface area contributed by atoms with Crippen LogP contribution in [0.3, 0.4) is 0 Å². The first-order chi connectivity index (χ1) is 5.74. The van der Waals surface area contributed by atoms with E-state index in [-0.39, 0.29) is 0 Å². The first kappa shape index (κ1) is 9.13. The van der Waals surface area contributed by atoms with Gasteiger partial charge in [-0.15, -0.1) is 0 Å². The minimum absolute atomic E-state index is 0.439. The lowest BCUT2D eigenvalue weighted by Gasteiger charge is -2.03. The summed E-state index contributed by atoms with van der Waals surface area (Å²) < 4.78 is 4.93. The van der Waals surface area contributed by atoms with Crippen molar-refractivity contribution in [2.75, 3.05) is 7.11 Å². The van der Waals surface area contributed by atoms with E-state index in [0.717, 1.165) is 11.4 Å². The van der Waals surface area contributed by atoms with Crippen LogP contribution in [0.5, 0.6) is 0 Å². The fourth-order valence-electron chi connectivity index (χ4n) is 0.885. The molecule has 0 amide bonds. The van der Waals surface area contributed by atoms with Crippen LogP contribution in [0.2, 0.25) is 0 Å². The third-order valence-electron chi connectivity index (χ3n) is 1.61. The number of rotatable bonds is 3. The lowest BCUT2D eigenvalue weighted by Crippen LogP contribution is -1.98. The third-order valence-corrected chi connectivity index (χ3v) is 1.61. The molecule has 3 nitrogen and oxygen atoms in total. The Balaban J connectivity index is 2.71. The highest BCUT2D eigenvalue weighted by atomic mass is 16.5. The highest BCUT2D eigenvalue weighted by Crippen LogP contribution is 2.09. The van der Waals surface area contributed by atoms with Gasteiger partial charge in [-0.3, -0.25) is 9.97 Å². The number of nitrogens with zero attached hydrogens (tertiary/aromatic N) is 2. The molecule has 0 unspecified atom stereocenters. The predicted molar refractivity (Wildman–Crippen MR) is 46.8 cm³/mol. The van der Waals surface area contributed by atoms with E-state index in [1.54, 1.807) is 19.5 Å². The number of methoxy groups -OCH3 is 1. The number of aromatic nitrogens is 2. The molecule has 1 heterocycles. The maximum absolute atomic E-state index is 4.93. The summed E-state index contributed by atoms with van der Waals surface area (Å²) in [6.45, 7) is 4.73. The monoisotopic (exact) mass is 166 g/mol. The van der Waals surface area contributed by atoms with Crippen molar-refractivity contribution in [2.45, 2.75) is 26.4 Å². The zero-order chi connectivity index (χ0) is 8.97. The van der Waals surface area contributed by atoms with Crippen LogP contribution in [0, 0.1) is 0 Å². The molecule has 0 radical (unpaired) electrons. The Labute approximate surface area is 72.8 Å². The quantitative estimate of drug-likeness (QED) is 0.686. The highest BCUT2D eigenvalue weighted by Gasteiger charge is 2.00. The van der Waals surface area contributed by atoms with Crippen molar-refractivity contribution >= 4 is 0 Å². The predicted octanol–water partition coefficient (Wildman–Crippen LogP) is 1.75.